The van der Waals surface area contributed by atoms with E-state index in [1.807, 2.05) is 12.1 Å². The van der Waals surface area contributed by atoms with Gasteiger partial charge in [-0.1, -0.05) is 48.5 Å². The van der Waals surface area contributed by atoms with Gasteiger partial charge in [-0.15, -0.1) is 0 Å². The molecular weight excluding hydrogens is 500 g/mol. The maximum absolute atomic E-state index is 13.5. The highest BCUT2D eigenvalue weighted by molar-refractivity contribution is 7.13. The average molecular weight is 517 g/mol. The molecule has 38 heavy (non-hydrogen) atoms. The fourth-order valence-electron chi connectivity index (χ4n) is 5.26. The summed E-state index contributed by atoms with van der Waals surface area (Å²) < 4.78 is 10.7. The summed E-state index contributed by atoms with van der Waals surface area (Å²) in [4.78, 5) is 53.7. The minimum absolute atomic E-state index is 0.0777. The third-order valence-corrected chi connectivity index (χ3v) is 7.81. The summed E-state index contributed by atoms with van der Waals surface area (Å²) in [7, 11) is 1.42. The van der Waals surface area contributed by atoms with E-state index in [0.717, 1.165) is 16.6 Å². The zero-order chi connectivity index (χ0) is 26.1. The van der Waals surface area contributed by atoms with Crippen LogP contribution in [-0.4, -0.2) is 34.7 Å². The Labute approximate surface area is 219 Å². The molecule has 0 aliphatic heterocycles. The Balaban J connectivity index is 1.33. The van der Waals surface area contributed by atoms with Gasteiger partial charge in [-0.25, -0.2) is 0 Å². The number of carbonyl (C=O) groups excluding carboxylic acids is 4. The summed E-state index contributed by atoms with van der Waals surface area (Å²) in [6.45, 7) is 0. The molecule has 1 N–H and O–H groups in total. The number of methoxy groups -OCH3 is 1. The predicted molar refractivity (Wildman–Crippen MR) is 143 cm³/mol. The Morgan fingerprint density at radius 3 is 2.08 bits per heavy atom. The standard InChI is InChI=1S/C30H16N2O5S/c1-37-21-11-10-20(24-25(21)29(35)18-9-5-4-8-17(18)28(24)34)31-30(36)14-12-19-23-22(13-14)38-32-26(23)15-6-2-3-7-16(15)27(19)33/h2-13H,1H3,(H,31,36). The van der Waals surface area contributed by atoms with Crippen LogP contribution in [0.4, 0.5) is 5.69 Å². The molecule has 7 rings (SSSR count). The second-order valence-electron chi connectivity index (χ2n) is 9.03. The van der Waals surface area contributed by atoms with Crippen LogP contribution in [-0.2, 0) is 0 Å². The molecule has 7 nitrogen and oxygen atoms in total. The van der Waals surface area contributed by atoms with Gasteiger partial charge in [-0.05, 0) is 35.8 Å². The summed E-state index contributed by atoms with van der Waals surface area (Å²) in [5.74, 6) is -1.18. The largest absolute Gasteiger partial charge is 0.496 e. The molecule has 8 heteroatoms. The van der Waals surface area contributed by atoms with Crippen molar-refractivity contribution in [3.05, 3.63) is 112 Å². The topological polar surface area (TPSA) is 102 Å². The fraction of sp³-hybridized carbons (Fsp3) is 0.0333. The molecule has 0 atom stereocenters. The lowest BCUT2D eigenvalue weighted by Crippen LogP contribution is -2.24. The van der Waals surface area contributed by atoms with Crippen molar-refractivity contribution in [1.29, 1.82) is 0 Å². The number of nitrogens with one attached hydrogen (secondary N) is 1. The molecule has 0 spiro atoms. The van der Waals surface area contributed by atoms with Crippen molar-refractivity contribution >= 4 is 50.6 Å². The van der Waals surface area contributed by atoms with E-state index in [1.54, 1.807) is 60.7 Å². The van der Waals surface area contributed by atoms with E-state index >= 15 is 0 Å². The summed E-state index contributed by atoms with van der Waals surface area (Å²) in [6, 6.07) is 20.2. The molecule has 1 amide bonds. The van der Waals surface area contributed by atoms with Crippen molar-refractivity contribution in [3.8, 4) is 17.0 Å². The predicted octanol–water partition coefficient (Wildman–Crippen LogP) is 5.54. The van der Waals surface area contributed by atoms with Crippen LogP contribution >= 0.6 is 11.5 Å². The first kappa shape index (κ1) is 22.3. The van der Waals surface area contributed by atoms with Crippen LogP contribution < -0.4 is 10.1 Å². The lowest BCUT2D eigenvalue weighted by Gasteiger charge is -2.22. The highest BCUT2D eigenvalue weighted by Crippen LogP contribution is 2.42. The number of anilines is 1. The molecule has 0 saturated heterocycles. The zero-order valence-electron chi connectivity index (χ0n) is 19.8. The molecule has 1 heterocycles. The highest BCUT2D eigenvalue weighted by atomic mass is 32.1. The second-order valence-corrected chi connectivity index (χ2v) is 9.83. The number of ether oxygens (including phenoxy) is 1. The van der Waals surface area contributed by atoms with Crippen LogP contribution in [0.2, 0.25) is 0 Å². The van der Waals surface area contributed by atoms with E-state index in [9.17, 15) is 19.2 Å². The van der Waals surface area contributed by atoms with Crippen LogP contribution in [0, 0.1) is 0 Å². The first-order valence-corrected chi connectivity index (χ1v) is 12.5. The lowest BCUT2D eigenvalue weighted by atomic mass is 9.82. The number of fused-ring (bicyclic) bond motifs is 4. The number of aromatic nitrogens is 1. The summed E-state index contributed by atoms with van der Waals surface area (Å²) >= 11 is 1.22. The Hall–Kier alpha value is -4.95. The number of hydrogen-bond donors (Lipinski definition) is 1. The van der Waals surface area contributed by atoms with Crippen LogP contribution in [0.5, 0.6) is 5.75 Å². The Morgan fingerprint density at radius 2 is 1.39 bits per heavy atom. The van der Waals surface area contributed by atoms with Crippen LogP contribution in [0.3, 0.4) is 0 Å². The molecule has 0 unspecified atom stereocenters. The monoisotopic (exact) mass is 516 g/mol. The third-order valence-electron chi connectivity index (χ3n) is 7.01. The number of carbonyl (C=O) groups is 4. The fourth-order valence-corrected chi connectivity index (χ4v) is 6.12. The SMILES string of the molecule is COc1ccc(NC(=O)c2cc3c4c(nsc4c2)-c2ccccc2C3=O)c2c1C(=O)c1ccccc1C2=O. The highest BCUT2D eigenvalue weighted by Gasteiger charge is 2.35. The number of hydrogen-bond acceptors (Lipinski definition) is 7. The van der Waals surface area contributed by atoms with Crippen LogP contribution in [0.25, 0.3) is 21.3 Å². The molecular formula is C30H16N2O5S. The summed E-state index contributed by atoms with van der Waals surface area (Å²) in [5.41, 5.74) is 3.63. The smallest absolute Gasteiger partial charge is 0.255 e. The van der Waals surface area contributed by atoms with Crippen molar-refractivity contribution < 1.29 is 23.9 Å². The van der Waals surface area contributed by atoms with Gasteiger partial charge in [0.1, 0.15) is 5.75 Å². The minimum atomic E-state index is -0.517. The van der Waals surface area contributed by atoms with Gasteiger partial charge < -0.3 is 10.1 Å². The van der Waals surface area contributed by atoms with E-state index in [4.69, 9.17) is 4.74 Å². The zero-order valence-corrected chi connectivity index (χ0v) is 20.6. The molecule has 2 aliphatic carbocycles. The third kappa shape index (κ3) is 2.98. The molecule has 5 aromatic rings. The van der Waals surface area contributed by atoms with E-state index in [-0.39, 0.29) is 56.6 Å². The number of rotatable bonds is 3. The van der Waals surface area contributed by atoms with Crippen molar-refractivity contribution in [3.63, 3.8) is 0 Å². The van der Waals surface area contributed by atoms with Gasteiger partial charge in [0.15, 0.2) is 17.3 Å². The Kier molecular flexibility index (Phi) is 4.70. The number of ketones is 3. The van der Waals surface area contributed by atoms with Crippen LogP contribution in [0.1, 0.15) is 58.1 Å². The average Bonchev–Trinajstić information content (AvgIpc) is 3.38. The molecule has 0 saturated carbocycles. The number of amides is 1. The van der Waals surface area contributed by atoms with Gasteiger partial charge in [0.05, 0.1) is 34.3 Å². The maximum Gasteiger partial charge on any atom is 0.255 e. The molecule has 0 bridgehead atoms. The Morgan fingerprint density at radius 1 is 0.763 bits per heavy atom. The molecule has 1 aromatic heterocycles. The second kappa shape index (κ2) is 8.03. The van der Waals surface area contributed by atoms with E-state index in [2.05, 4.69) is 9.69 Å². The molecule has 182 valence electrons. The normalized spacial score (nSPS) is 13.1. The van der Waals surface area contributed by atoms with Crippen LogP contribution in [0.15, 0.2) is 72.8 Å². The number of nitrogens with zero attached hydrogens (tertiary/aromatic N) is 1. The van der Waals surface area contributed by atoms with E-state index in [1.165, 1.54) is 18.6 Å². The van der Waals surface area contributed by atoms with E-state index < -0.39 is 5.91 Å². The van der Waals surface area contributed by atoms with Gasteiger partial charge >= 0.3 is 0 Å². The van der Waals surface area contributed by atoms with Crippen molar-refractivity contribution in [1.82, 2.24) is 4.37 Å². The molecule has 2 aliphatic rings. The van der Waals surface area contributed by atoms with E-state index in [0.29, 0.717) is 15.8 Å². The van der Waals surface area contributed by atoms with Gasteiger partial charge in [0, 0.05) is 38.8 Å². The first-order chi connectivity index (χ1) is 18.5. The molecule has 4 aromatic carbocycles. The molecule has 0 fully saturated rings. The summed E-state index contributed by atoms with van der Waals surface area (Å²) in [5, 5.41) is 3.53. The van der Waals surface area contributed by atoms with Crippen molar-refractivity contribution in [2.75, 3.05) is 12.4 Å². The van der Waals surface area contributed by atoms with Gasteiger partial charge in [-0.2, -0.15) is 4.37 Å². The van der Waals surface area contributed by atoms with Crippen molar-refractivity contribution in [2.45, 2.75) is 0 Å². The van der Waals surface area contributed by atoms with Gasteiger partial charge in [0.25, 0.3) is 5.91 Å². The Bertz CT molecular complexity index is 1920. The molecule has 0 radical (unpaired) electrons. The number of benzene rings is 4. The lowest BCUT2D eigenvalue weighted by molar-refractivity contribution is 0.0976. The van der Waals surface area contributed by atoms with Crippen molar-refractivity contribution in [2.24, 2.45) is 0 Å². The minimum Gasteiger partial charge on any atom is -0.496 e. The van der Waals surface area contributed by atoms with Gasteiger partial charge in [-0.3, -0.25) is 19.2 Å². The first-order valence-electron chi connectivity index (χ1n) is 11.8. The van der Waals surface area contributed by atoms with Gasteiger partial charge in [0.2, 0.25) is 0 Å². The maximum atomic E-state index is 13.5. The quantitative estimate of drug-likeness (QED) is 0.331. The summed E-state index contributed by atoms with van der Waals surface area (Å²) in [6.07, 6.45) is 0.